The first-order valence-corrected chi connectivity index (χ1v) is 5.93. The molecule has 0 saturated heterocycles. The monoisotopic (exact) mass is 306 g/mol. The van der Waals surface area contributed by atoms with Crippen LogP contribution >= 0.6 is 12.4 Å². The fourth-order valence-electron chi connectivity index (χ4n) is 1.88. The summed E-state index contributed by atoms with van der Waals surface area (Å²) in [5.74, 6) is -0.935. The summed E-state index contributed by atoms with van der Waals surface area (Å²) in [4.78, 5) is 23.3. The fourth-order valence-corrected chi connectivity index (χ4v) is 1.88. The molecular weight excluding hydrogens is 292 g/mol. The summed E-state index contributed by atoms with van der Waals surface area (Å²) >= 11 is 0. The van der Waals surface area contributed by atoms with Crippen LogP contribution in [0.15, 0.2) is 42.6 Å². The van der Waals surface area contributed by atoms with Crippen molar-refractivity contribution in [2.45, 2.75) is 6.92 Å². The number of ketones is 1. The van der Waals surface area contributed by atoms with E-state index in [1.54, 1.807) is 47.2 Å². The molecule has 0 unspecified atom stereocenters. The molecule has 0 aliphatic carbocycles. The summed E-state index contributed by atoms with van der Waals surface area (Å²) in [5, 5.41) is 9.27. The molecule has 1 heterocycles. The Labute approximate surface area is 127 Å². The number of benzene rings is 1. The Morgan fingerprint density at radius 1 is 1.24 bits per heavy atom. The Morgan fingerprint density at radius 3 is 2.57 bits per heavy atom. The molecule has 4 N–H and O–H groups in total. The second kappa shape index (κ2) is 6.71. The van der Waals surface area contributed by atoms with E-state index in [0.717, 1.165) is 0 Å². The number of halogens is 1. The number of carbonyl (C=O) groups excluding carboxylic acids is 2. The minimum absolute atomic E-state index is 0. The van der Waals surface area contributed by atoms with E-state index in [2.05, 4.69) is 5.32 Å². The van der Waals surface area contributed by atoms with Gasteiger partial charge in [0.1, 0.15) is 0 Å². The molecule has 1 aromatic heterocycles. The average Bonchev–Trinajstić information content (AvgIpc) is 2.87. The van der Waals surface area contributed by atoms with Gasteiger partial charge in [-0.3, -0.25) is 20.3 Å². The zero-order valence-electron chi connectivity index (χ0n) is 11.3. The van der Waals surface area contributed by atoms with Gasteiger partial charge in [-0.05, 0) is 30.3 Å². The molecule has 0 fully saturated rings. The highest BCUT2D eigenvalue weighted by atomic mass is 35.5. The van der Waals surface area contributed by atoms with Crippen molar-refractivity contribution < 1.29 is 9.59 Å². The number of hydrogen-bond acceptors (Lipinski definition) is 3. The first-order chi connectivity index (χ1) is 9.49. The van der Waals surface area contributed by atoms with E-state index in [0.29, 0.717) is 16.9 Å². The molecule has 0 saturated carbocycles. The van der Waals surface area contributed by atoms with Gasteiger partial charge in [0.15, 0.2) is 11.7 Å². The van der Waals surface area contributed by atoms with Crippen molar-refractivity contribution in [1.82, 2.24) is 9.88 Å². The molecule has 0 spiro atoms. The minimum atomic E-state index is -0.462. The predicted molar refractivity (Wildman–Crippen MR) is 82.4 cm³/mol. The maximum absolute atomic E-state index is 11.8. The van der Waals surface area contributed by atoms with Crippen molar-refractivity contribution in [2.75, 3.05) is 0 Å². The van der Waals surface area contributed by atoms with E-state index in [-0.39, 0.29) is 18.2 Å². The molecule has 110 valence electrons. The fraction of sp³-hybridized carbons (Fsp3) is 0.0714. The first-order valence-electron chi connectivity index (χ1n) is 5.93. The Morgan fingerprint density at radius 2 is 1.95 bits per heavy atom. The number of nitrogens with two attached hydrogens (primary N) is 1. The number of aromatic nitrogens is 1. The van der Waals surface area contributed by atoms with Gasteiger partial charge in [0, 0.05) is 24.4 Å². The van der Waals surface area contributed by atoms with E-state index in [9.17, 15) is 9.59 Å². The maximum Gasteiger partial charge on any atom is 0.258 e. The molecule has 7 heteroatoms. The van der Waals surface area contributed by atoms with Gasteiger partial charge in [-0.2, -0.15) is 0 Å². The molecule has 0 radical (unpaired) electrons. The smallest absolute Gasteiger partial charge is 0.258 e. The quantitative estimate of drug-likeness (QED) is 0.457. The number of nitrogens with one attached hydrogen (secondary N) is 2. The number of Topliss-reactive ketones (excluding diaryl/α,β-unsaturated/α-hetero) is 1. The minimum Gasteiger partial charge on any atom is -0.370 e. The normalized spacial score (nSPS) is 9.57. The van der Waals surface area contributed by atoms with Gasteiger partial charge in [0.25, 0.3) is 5.91 Å². The lowest BCUT2D eigenvalue weighted by atomic mass is 10.2. The van der Waals surface area contributed by atoms with E-state index >= 15 is 0 Å². The van der Waals surface area contributed by atoms with Crippen LogP contribution in [0.3, 0.4) is 0 Å². The molecule has 1 amide bonds. The third kappa shape index (κ3) is 3.70. The van der Waals surface area contributed by atoms with Crippen molar-refractivity contribution in [3.05, 3.63) is 53.9 Å². The Kier molecular flexibility index (Phi) is 5.26. The van der Waals surface area contributed by atoms with Crippen molar-refractivity contribution >= 4 is 30.1 Å². The van der Waals surface area contributed by atoms with Crippen LogP contribution in [0.25, 0.3) is 5.69 Å². The van der Waals surface area contributed by atoms with Crippen LogP contribution in [0.2, 0.25) is 0 Å². The highest BCUT2D eigenvalue weighted by molar-refractivity contribution is 6.04. The largest absolute Gasteiger partial charge is 0.370 e. The average molecular weight is 307 g/mol. The van der Waals surface area contributed by atoms with E-state index in [1.807, 2.05) is 0 Å². The maximum atomic E-state index is 11.8. The Bertz CT molecular complexity index is 694. The van der Waals surface area contributed by atoms with Gasteiger partial charge < -0.3 is 10.3 Å². The van der Waals surface area contributed by atoms with Crippen molar-refractivity contribution in [2.24, 2.45) is 5.73 Å². The topological polar surface area (TPSA) is 101 Å². The highest BCUT2D eigenvalue weighted by Gasteiger charge is 2.10. The molecule has 6 nitrogen and oxygen atoms in total. The van der Waals surface area contributed by atoms with E-state index < -0.39 is 11.9 Å². The number of carbonyl (C=O) groups is 2. The summed E-state index contributed by atoms with van der Waals surface area (Å²) in [6, 6.07) is 10.2. The van der Waals surface area contributed by atoms with Gasteiger partial charge in [-0.15, -0.1) is 12.4 Å². The third-order valence-electron chi connectivity index (χ3n) is 2.74. The lowest BCUT2D eigenvalue weighted by molar-refractivity contribution is 0.0975. The van der Waals surface area contributed by atoms with Gasteiger partial charge in [-0.1, -0.05) is 6.07 Å². The van der Waals surface area contributed by atoms with Crippen molar-refractivity contribution in [1.29, 1.82) is 5.41 Å². The Balaban J connectivity index is 0.00000220. The van der Waals surface area contributed by atoms with Crippen molar-refractivity contribution in [3.8, 4) is 5.69 Å². The standard InChI is InChI=1S/C14H14N4O2.ClH/c1-9(19)12-6-3-7-18(12)11-5-2-4-10(8-11)13(20)17-14(15)16;/h2-8H,1H3,(H4,15,16,17,20);1H. The molecule has 2 rings (SSSR count). The SMILES string of the molecule is CC(=O)c1cccn1-c1cccc(C(=O)NC(=N)N)c1.Cl. The van der Waals surface area contributed by atoms with Gasteiger partial charge in [-0.25, -0.2) is 0 Å². The molecule has 1 aromatic carbocycles. The highest BCUT2D eigenvalue weighted by Crippen LogP contribution is 2.15. The number of nitrogens with zero attached hydrogens (tertiary/aromatic N) is 1. The third-order valence-corrected chi connectivity index (χ3v) is 2.74. The van der Waals surface area contributed by atoms with E-state index in [1.165, 1.54) is 6.92 Å². The molecule has 21 heavy (non-hydrogen) atoms. The van der Waals surface area contributed by atoms with Gasteiger partial charge in [0.2, 0.25) is 0 Å². The summed E-state index contributed by atoms with van der Waals surface area (Å²) in [7, 11) is 0. The summed E-state index contributed by atoms with van der Waals surface area (Å²) in [5.41, 5.74) is 6.72. The number of guanidine groups is 1. The molecule has 0 aliphatic rings. The van der Waals surface area contributed by atoms with Crippen LogP contribution in [-0.2, 0) is 0 Å². The van der Waals surface area contributed by atoms with Gasteiger partial charge in [0.05, 0.1) is 5.69 Å². The van der Waals surface area contributed by atoms with E-state index in [4.69, 9.17) is 11.1 Å². The summed E-state index contributed by atoms with van der Waals surface area (Å²) < 4.78 is 1.70. The molecule has 0 bridgehead atoms. The second-order valence-corrected chi connectivity index (χ2v) is 4.24. The van der Waals surface area contributed by atoms with Crippen LogP contribution in [0.4, 0.5) is 0 Å². The number of amides is 1. The Hall–Kier alpha value is -2.60. The van der Waals surface area contributed by atoms with Crippen LogP contribution in [0.1, 0.15) is 27.8 Å². The van der Waals surface area contributed by atoms with Crippen LogP contribution < -0.4 is 11.1 Å². The second-order valence-electron chi connectivity index (χ2n) is 4.24. The number of rotatable bonds is 3. The van der Waals surface area contributed by atoms with Crippen LogP contribution in [0, 0.1) is 5.41 Å². The zero-order chi connectivity index (χ0) is 14.7. The van der Waals surface area contributed by atoms with Crippen molar-refractivity contribution in [3.63, 3.8) is 0 Å². The summed E-state index contributed by atoms with van der Waals surface area (Å²) in [6.45, 7) is 1.48. The zero-order valence-corrected chi connectivity index (χ0v) is 12.1. The van der Waals surface area contributed by atoms with Crippen LogP contribution in [-0.4, -0.2) is 22.2 Å². The lowest BCUT2D eigenvalue weighted by Gasteiger charge is -2.09. The molecule has 0 aliphatic heterocycles. The first kappa shape index (κ1) is 16.5. The summed E-state index contributed by atoms with van der Waals surface area (Å²) in [6.07, 6.45) is 1.75. The molecule has 2 aromatic rings. The molecular formula is C14H15ClN4O2. The number of hydrogen-bond donors (Lipinski definition) is 3. The lowest BCUT2D eigenvalue weighted by Crippen LogP contribution is -2.35. The predicted octanol–water partition coefficient (Wildman–Crippen LogP) is 1.72. The van der Waals surface area contributed by atoms with Crippen LogP contribution in [0.5, 0.6) is 0 Å². The van der Waals surface area contributed by atoms with Gasteiger partial charge >= 0.3 is 0 Å². The molecule has 0 atom stereocenters.